The number of methoxy groups -OCH3 is 1. The highest BCUT2D eigenvalue weighted by Gasteiger charge is 2.42. The lowest BCUT2D eigenvalue weighted by molar-refractivity contribution is -0.0206. The van der Waals surface area contributed by atoms with Crippen LogP contribution in [0.2, 0.25) is 0 Å². The Morgan fingerprint density at radius 3 is 2.74 bits per heavy atom. The van der Waals surface area contributed by atoms with Gasteiger partial charge < -0.3 is 9.47 Å². The molecule has 0 N–H and O–H groups in total. The van der Waals surface area contributed by atoms with Crippen LogP contribution in [-0.2, 0) is 0 Å². The Labute approximate surface area is 162 Å². The summed E-state index contributed by atoms with van der Waals surface area (Å²) in [7, 11) is 1.69. The molecule has 1 aromatic heterocycles. The van der Waals surface area contributed by atoms with Crippen molar-refractivity contribution in [1.82, 2.24) is 5.01 Å². The second-order valence-corrected chi connectivity index (χ2v) is 7.70. The van der Waals surface area contributed by atoms with Gasteiger partial charge in [-0.2, -0.15) is 16.4 Å². The van der Waals surface area contributed by atoms with Gasteiger partial charge in [-0.15, -0.1) is 0 Å². The van der Waals surface area contributed by atoms with Crippen molar-refractivity contribution in [2.24, 2.45) is 5.10 Å². The second-order valence-electron chi connectivity index (χ2n) is 6.92. The van der Waals surface area contributed by atoms with E-state index in [9.17, 15) is 0 Å². The number of benzene rings is 2. The predicted octanol–water partition coefficient (Wildman–Crippen LogP) is 5.31. The molecule has 2 aliphatic rings. The normalized spacial score (nSPS) is 20.5. The molecular weight excluding hydrogens is 356 g/mol. The van der Waals surface area contributed by atoms with Crippen LogP contribution in [0.5, 0.6) is 11.5 Å². The maximum atomic E-state index is 6.42. The van der Waals surface area contributed by atoms with Gasteiger partial charge in [-0.3, -0.25) is 0 Å². The van der Waals surface area contributed by atoms with E-state index in [4.69, 9.17) is 14.6 Å². The molecule has 4 nitrogen and oxygen atoms in total. The monoisotopic (exact) mass is 376 g/mol. The summed E-state index contributed by atoms with van der Waals surface area (Å²) in [6, 6.07) is 16.9. The molecular formula is C22H20N2O2S. The molecule has 0 saturated heterocycles. The maximum absolute atomic E-state index is 6.42. The van der Waals surface area contributed by atoms with Gasteiger partial charge in [0, 0.05) is 17.5 Å². The molecule has 2 atom stereocenters. The smallest absolute Gasteiger partial charge is 0.214 e. The summed E-state index contributed by atoms with van der Waals surface area (Å²) in [5, 5.41) is 11.3. The molecule has 27 heavy (non-hydrogen) atoms. The zero-order valence-corrected chi connectivity index (χ0v) is 16.1. The van der Waals surface area contributed by atoms with Gasteiger partial charge in [0.15, 0.2) is 11.5 Å². The number of hydrogen-bond acceptors (Lipinski definition) is 5. The van der Waals surface area contributed by atoms with Gasteiger partial charge in [-0.05, 0) is 35.4 Å². The number of thiophene rings is 1. The van der Waals surface area contributed by atoms with Crippen LogP contribution in [0.3, 0.4) is 0 Å². The van der Waals surface area contributed by atoms with Crippen LogP contribution in [-0.4, -0.2) is 17.8 Å². The van der Waals surface area contributed by atoms with Crippen LogP contribution in [0, 0.1) is 6.92 Å². The van der Waals surface area contributed by atoms with Crippen molar-refractivity contribution in [3.05, 3.63) is 81.5 Å². The number of rotatable bonds is 3. The third-order valence-electron chi connectivity index (χ3n) is 5.21. The van der Waals surface area contributed by atoms with Crippen molar-refractivity contribution in [2.75, 3.05) is 7.11 Å². The van der Waals surface area contributed by atoms with Crippen molar-refractivity contribution in [3.8, 4) is 11.5 Å². The maximum Gasteiger partial charge on any atom is 0.214 e. The Morgan fingerprint density at radius 1 is 1.15 bits per heavy atom. The topological polar surface area (TPSA) is 34.1 Å². The Balaban J connectivity index is 1.61. The molecule has 5 heteroatoms. The molecule has 0 amide bonds. The molecule has 2 aromatic carbocycles. The molecule has 5 rings (SSSR count). The molecule has 0 radical (unpaired) electrons. The predicted molar refractivity (Wildman–Crippen MR) is 108 cm³/mol. The zero-order chi connectivity index (χ0) is 18.4. The first kappa shape index (κ1) is 16.4. The minimum absolute atomic E-state index is 0.144. The highest BCUT2D eigenvalue weighted by atomic mass is 32.1. The van der Waals surface area contributed by atoms with Crippen LogP contribution in [0.25, 0.3) is 0 Å². The summed E-state index contributed by atoms with van der Waals surface area (Å²) < 4.78 is 12.0. The number of aryl methyl sites for hydroxylation is 1. The van der Waals surface area contributed by atoms with E-state index in [1.165, 1.54) is 11.1 Å². The fourth-order valence-corrected chi connectivity index (χ4v) is 4.47. The number of hydrazone groups is 1. The SMILES string of the molecule is COc1cccc2c1O[C@H](c1ccsc1)N1N=C(c3ccc(C)cc3)C[C@H]21. The minimum atomic E-state index is -0.243. The average Bonchev–Trinajstić information content (AvgIpc) is 3.37. The lowest BCUT2D eigenvalue weighted by Crippen LogP contribution is -2.33. The average molecular weight is 376 g/mol. The number of hydrogen-bond donors (Lipinski definition) is 0. The Hall–Kier alpha value is -2.79. The van der Waals surface area contributed by atoms with Crippen molar-refractivity contribution in [2.45, 2.75) is 25.6 Å². The molecule has 3 aromatic rings. The molecule has 0 unspecified atom stereocenters. The highest BCUT2D eigenvalue weighted by Crippen LogP contribution is 2.50. The molecule has 136 valence electrons. The summed E-state index contributed by atoms with van der Waals surface area (Å²) in [6.45, 7) is 2.10. The number of ether oxygens (including phenoxy) is 2. The van der Waals surface area contributed by atoms with Crippen LogP contribution in [0.4, 0.5) is 0 Å². The van der Waals surface area contributed by atoms with Gasteiger partial charge in [-0.1, -0.05) is 42.0 Å². The van der Waals surface area contributed by atoms with Crippen LogP contribution in [0.1, 0.15) is 40.9 Å². The third-order valence-corrected chi connectivity index (χ3v) is 5.91. The van der Waals surface area contributed by atoms with E-state index in [2.05, 4.69) is 59.1 Å². The molecule has 3 heterocycles. The second kappa shape index (κ2) is 6.43. The van der Waals surface area contributed by atoms with E-state index in [-0.39, 0.29) is 12.3 Å². The molecule has 0 saturated carbocycles. The van der Waals surface area contributed by atoms with Crippen molar-refractivity contribution < 1.29 is 9.47 Å². The molecule has 0 fully saturated rings. The number of fused-ring (bicyclic) bond motifs is 3. The van der Waals surface area contributed by atoms with E-state index in [1.807, 2.05) is 12.1 Å². The van der Waals surface area contributed by atoms with Crippen molar-refractivity contribution >= 4 is 17.0 Å². The van der Waals surface area contributed by atoms with Crippen LogP contribution >= 0.6 is 11.3 Å². The standard InChI is InChI=1S/C22H20N2O2S/c1-14-6-8-15(9-7-14)18-12-19-17-4-3-5-20(25-2)21(17)26-22(24(19)23-18)16-10-11-27-13-16/h3-11,13,19,22H,12H2,1-2H3/t19-,22-/m1/s1. The van der Waals surface area contributed by atoms with E-state index in [0.717, 1.165) is 34.8 Å². The minimum Gasteiger partial charge on any atom is -0.493 e. The molecule has 2 aliphatic heterocycles. The quantitative estimate of drug-likeness (QED) is 0.621. The van der Waals surface area contributed by atoms with Gasteiger partial charge >= 0.3 is 0 Å². The Bertz CT molecular complexity index is 996. The van der Waals surface area contributed by atoms with Crippen LogP contribution in [0.15, 0.2) is 64.4 Å². The van der Waals surface area contributed by atoms with Gasteiger partial charge in [0.25, 0.3) is 0 Å². The number of nitrogens with zero attached hydrogens (tertiary/aromatic N) is 2. The van der Waals surface area contributed by atoms with Crippen molar-refractivity contribution in [1.29, 1.82) is 0 Å². The molecule has 0 bridgehead atoms. The van der Waals surface area contributed by atoms with E-state index in [1.54, 1.807) is 18.4 Å². The molecule has 0 aliphatic carbocycles. The highest BCUT2D eigenvalue weighted by molar-refractivity contribution is 7.07. The fraction of sp³-hybridized carbons (Fsp3) is 0.227. The number of para-hydroxylation sites is 1. The zero-order valence-electron chi connectivity index (χ0n) is 15.3. The van der Waals surface area contributed by atoms with Gasteiger partial charge in [-0.25, -0.2) is 5.01 Å². The lowest BCUT2D eigenvalue weighted by atomic mass is 9.95. The summed E-state index contributed by atoms with van der Waals surface area (Å²) in [5.41, 5.74) is 5.77. The lowest BCUT2D eigenvalue weighted by Gasteiger charge is -2.38. The van der Waals surface area contributed by atoms with Gasteiger partial charge in [0.2, 0.25) is 6.23 Å². The Kier molecular flexibility index (Phi) is 3.90. The first-order valence-electron chi connectivity index (χ1n) is 9.03. The Morgan fingerprint density at radius 2 is 2.00 bits per heavy atom. The summed E-state index contributed by atoms with van der Waals surface area (Å²) in [6.07, 6.45) is 0.612. The first-order chi connectivity index (χ1) is 13.2. The van der Waals surface area contributed by atoms with E-state index in [0.29, 0.717) is 0 Å². The summed E-state index contributed by atoms with van der Waals surface area (Å²) in [5.74, 6) is 1.61. The van der Waals surface area contributed by atoms with Crippen molar-refractivity contribution in [3.63, 3.8) is 0 Å². The summed E-state index contributed by atoms with van der Waals surface area (Å²) in [4.78, 5) is 0. The van der Waals surface area contributed by atoms with Crippen LogP contribution < -0.4 is 9.47 Å². The van der Waals surface area contributed by atoms with E-state index < -0.39 is 0 Å². The summed E-state index contributed by atoms with van der Waals surface area (Å²) >= 11 is 1.67. The first-order valence-corrected chi connectivity index (χ1v) is 9.97. The molecule has 0 spiro atoms. The largest absolute Gasteiger partial charge is 0.493 e. The van der Waals surface area contributed by atoms with Gasteiger partial charge in [0.05, 0.1) is 18.9 Å². The van der Waals surface area contributed by atoms with Gasteiger partial charge in [0.1, 0.15) is 0 Å². The fourth-order valence-electron chi connectivity index (χ4n) is 3.80. The van der Waals surface area contributed by atoms with E-state index >= 15 is 0 Å². The third kappa shape index (κ3) is 2.70.